The fourth-order valence-electron chi connectivity index (χ4n) is 1.70. The van der Waals surface area contributed by atoms with Crippen molar-refractivity contribution >= 4 is 11.6 Å². The number of carbonyl (C=O) groups is 1. The first kappa shape index (κ1) is 15.7. The van der Waals surface area contributed by atoms with Crippen LogP contribution in [0.25, 0.3) is 0 Å². The summed E-state index contributed by atoms with van der Waals surface area (Å²) in [6.07, 6.45) is 0. The third-order valence-corrected chi connectivity index (χ3v) is 2.60. The summed E-state index contributed by atoms with van der Waals surface area (Å²) in [6, 6.07) is 11.0. The van der Waals surface area contributed by atoms with E-state index in [1.807, 2.05) is 0 Å². The molecule has 2 aromatic rings. The average Bonchev–Trinajstić information content (AvgIpc) is 2.48. The van der Waals surface area contributed by atoms with Gasteiger partial charge in [-0.05, 0) is 36.4 Å². The van der Waals surface area contributed by atoms with Crippen LogP contribution >= 0.6 is 0 Å². The van der Waals surface area contributed by atoms with Crippen molar-refractivity contribution in [3.63, 3.8) is 0 Å². The maximum absolute atomic E-state index is 12.1. The number of nitrogens with one attached hydrogen (secondary N) is 1. The van der Waals surface area contributed by atoms with Gasteiger partial charge in [0, 0.05) is 5.69 Å². The molecule has 0 fully saturated rings. The van der Waals surface area contributed by atoms with E-state index in [0.29, 0.717) is 5.69 Å². The molecular weight excluding hydrogens is 310 g/mol. The van der Waals surface area contributed by atoms with Gasteiger partial charge in [-0.25, -0.2) is 0 Å². The van der Waals surface area contributed by atoms with Gasteiger partial charge >= 0.3 is 0 Å². The summed E-state index contributed by atoms with van der Waals surface area (Å²) in [4.78, 5) is 41.3. The highest BCUT2D eigenvalue weighted by atomic mass is 17.0. The van der Waals surface area contributed by atoms with Gasteiger partial charge in [-0.15, -0.1) is 20.2 Å². The Morgan fingerprint density at radius 2 is 1.52 bits per heavy atom. The van der Waals surface area contributed by atoms with Crippen molar-refractivity contribution in [2.24, 2.45) is 0 Å². The van der Waals surface area contributed by atoms with E-state index in [1.165, 1.54) is 48.5 Å². The minimum atomic E-state index is -1.02. The van der Waals surface area contributed by atoms with Gasteiger partial charge in [0.25, 0.3) is 16.1 Å². The van der Waals surface area contributed by atoms with Crippen molar-refractivity contribution in [2.75, 3.05) is 5.32 Å². The van der Waals surface area contributed by atoms with Gasteiger partial charge in [0.05, 0.1) is 5.56 Å². The van der Waals surface area contributed by atoms with E-state index in [-0.39, 0.29) is 17.1 Å². The molecule has 0 aromatic heterocycles. The molecule has 0 heterocycles. The number of nitrogens with zero attached hydrogens (tertiary/aromatic N) is 2. The van der Waals surface area contributed by atoms with Crippen molar-refractivity contribution in [1.29, 1.82) is 0 Å². The van der Waals surface area contributed by atoms with E-state index in [0.717, 1.165) is 0 Å². The van der Waals surface area contributed by atoms with Crippen LogP contribution in [0.15, 0.2) is 48.5 Å². The van der Waals surface area contributed by atoms with Gasteiger partial charge in [-0.2, -0.15) is 0 Å². The second-order valence-electron chi connectivity index (χ2n) is 4.10. The molecule has 0 aliphatic heterocycles. The van der Waals surface area contributed by atoms with Crippen LogP contribution in [0.1, 0.15) is 10.4 Å². The Labute approximate surface area is 128 Å². The number of amides is 1. The van der Waals surface area contributed by atoms with Crippen LogP contribution in [0.3, 0.4) is 0 Å². The minimum absolute atomic E-state index is 0.00918. The van der Waals surface area contributed by atoms with Crippen LogP contribution in [-0.2, 0) is 0 Å². The van der Waals surface area contributed by atoms with Crippen LogP contribution in [0.2, 0.25) is 0 Å². The molecule has 0 aliphatic carbocycles. The molecule has 0 bridgehead atoms. The first-order valence-corrected chi connectivity index (χ1v) is 6.11. The van der Waals surface area contributed by atoms with E-state index in [1.54, 1.807) is 0 Å². The number of hydrogen-bond donors (Lipinski definition) is 1. The van der Waals surface area contributed by atoms with E-state index >= 15 is 0 Å². The monoisotopic (exact) mass is 319 g/mol. The predicted octanol–water partition coefficient (Wildman–Crippen LogP) is 2.08. The molecule has 10 heteroatoms. The topological polar surface area (TPSA) is 134 Å². The van der Waals surface area contributed by atoms with E-state index in [9.17, 15) is 25.0 Å². The smallest absolute Gasteiger partial charge is 0.299 e. The molecular formula is C13H9N3O7. The number of para-hydroxylation sites is 1. The minimum Gasteiger partial charge on any atom is -0.322 e. The van der Waals surface area contributed by atoms with Crippen LogP contribution < -0.4 is 15.0 Å². The Hall–Kier alpha value is -3.69. The summed E-state index contributed by atoms with van der Waals surface area (Å²) < 4.78 is 0. The van der Waals surface area contributed by atoms with Crippen LogP contribution in [-0.4, -0.2) is 16.1 Å². The second kappa shape index (κ2) is 6.85. The molecule has 23 heavy (non-hydrogen) atoms. The molecule has 1 amide bonds. The lowest BCUT2D eigenvalue weighted by Gasteiger charge is -2.09. The van der Waals surface area contributed by atoms with E-state index in [4.69, 9.17) is 0 Å². The zero-order valence-electron chi connectivity index (χ0n) is 11.4. The third-order valence-electron chi connectivity index (χ3n) is 2.60. The number of hydrogen-bond acceptors (Lipinski definition) is 7. The Morgan fingerprint density at radius 1 is 0.913 bits per heavy atom. The molecule has 2 aromatic carbocycles. The third kappa shape index (κ3) is 4.39. The maximum Gasteiger partial charge on any atom is 0.299 e. The summed E-state index contributed by atoms with van der Waals surface area (Å²) in [5.41, 5.74) is 0.288. The van der Waals surface area contributed by atoms with Crippen molar-refractivity contribution in [3.8, 4) is 11.5 Å². The van der Waals surface area contributed by atoms with E-state index < -0.39 is 16.1 Å². The highest BCUT2D eigenvalue weighted by Crippen LogP contribution is 2.21. The molecule has 0 unspecified atom stereocenters. The van der Waals surface area contributed by atoms with Crippen molar-refractivity contribution < 1.29 is 24.6 Å². The van der Waals surface area contributed by atoms with Crippen molar-refractivity contribution in [1.82, 2.24) is 0 Å². The number of anilines is 1. The largest absolute Gasteiger partial charge is 0.322 e. The average molecular weight is 319 g/mol. The van der Waals surface area contributed by atoms with Gasteiger partial charge < -0.3 is 5.32 Å². The van der Waals surface area contributed by atoms with Gasteiger partial charge in [-0.1, -0.05) is 12.1 Å². The fourth-order valence-corrected chi connectivity index (χ4v) is 1.70. The maximum atomic E-state index is 12.1. The fraction of sp³-hybridized carbons (Fsp3) is 0. The Balaban J connectivity index is 2.13. The highest BCUT2D eigenvalue weighted by Gasteiger charge is 2.14. The van der Waals surface area contributed by atoms with Crippen molar-refractivity contribution in [3.05, 3.63) is 74.3 Å². The first-order valence-electron chi connectivity index (χ1n) is 6.11. The summed E-state index contributed by atoms with van der Waals surface area (Å²) in [5.74, 6) is -0.848. The van der Waals surface area contributed by atoms with Crippen molar-refractivity contribution in [2.45, 2.75) is 0 Å². The molecule has 0 aliphatic rings. The molecule has 10 nitrogen and oxygen atoms in total. The Kier molecular flexibility index (Phi) is 4.67. The predicted molar refractivity (Wildman–Crippen MR) is 76.1 cm³/mol. The molecule has 1 N–H and O–H groups in total. The molecule has 0 spiro atoms. The van der Waals surface area contributed by atoms with Gasteiger partial charge in [0.15, 0.2) is 0 Å². The molecule has 0 radical (unpaired) electrons. The Morgan fingerprint density at radius 3 is 2.13 bits per heavy atom. The normalized spacial score (nSPS) is 9.74. The lowest BCUT2D eigenvalue weighted by molar-refractivity contribution is -0.711. The number of carbonyl (C=O) groups excluding carboxylic acids is 1. The summed E-state index contributed by atoms with van der Waals surface area (Å²) in [6.45, 7) is 0. The van der Waals surface area contributed by atoms with Gasteiger partial charge in [0.1, 0.15) is 11.5 Å². The van der Waals surface area contributed by atoms with Gasteiger partial charge in [0.2, 0.25) is 0 Å². The molecule has 0 atom stereocenters. The SMILES string of the molecule is O=C(Nc1ccc(O[N+](=O)[O-])cc1)c1ccccc1O[N+](=O)[O-]. The van der Waals surface area contributed by atoms with Gasteiger partial charge in [-0.3, -0.25) is 14.5 Å². The molecule has 0 saturated heterocycles. The summed E-state index contributed by atoms with van der Waals surface area (Å²) >= 11 is 0. The molecule has 118 valence electrons. The number of benzene rings is 2. The van der Waals surface area contributed by atoms with Crippen LogP contribution in [0.4, 0.5) is 5.69 Å². The Bertz CT molecular complexity index is 745. The lowest BCUT2D eigenvalue weighted by Crippen LogP contribution is -2.15. The quantitative estimate of drug-likeness (QED) is 0.636. The molecule has 2 rings (SSSR count). The van der Waals surface area contributed by atoms with Crippen LogP contribution in [0.5, 0.6) is 11.5 Å². The first-order chi connectivity index (χ1) is 11.0. The number of rotatable bonds is 6. The van der Waals surface area contributed by atoms with Crippen LogP contribution in [0, 0.1) is 20.2 Å². The standard InChI is InChI=1S/C13H9N3O7/c17-13(11-3-1-2-4-12(11)23-16(20)21)14-9-5-7-10(8-6-9)22-15(18)19/h1-8H,(H,14,17). The zero-order chi connectivity index (χ0) is 16.8. The molecule has 0 saturated carbocycles. The second-order valence-corrected chi connectivity index (χ2v) is 4.10. The zero-order valence-corrected chi connectivity index (χ0v) is 11.4. The van der Waals surface area contributed by atoms with E-state index in [2.05, 4.69) is 15.0 Å². The summed E-state index contributed by atoms with van der Waals surface area (Å²) in [5, 5.41) is 21.1. The lowest BCUT2D eigenvalue weighted by atomic mass is 10.2. The highest BCUT2D eigenvalue weighted by molar-refractivity contribution is 6.06. The summed E-state index contributed by atoms with van der Waals surface area (Å²) in [7, 11) is 0.